The van der Waals surface area contributed by atoms with E-state index in [2.05, 4.69) is 5.32 Å². The van der Waals surface area contributed by atoms with Crippen LogP contribution in [-0.4, -0.2) is 32.7 Å². The van der Waals surface area contributed by atoms with E-state index >= 15 is 0 Å². The van der Waals surface area contributed by atoms with Crippen molar-refractivity contribution in [2.24, 2.45) is 0 Å². The molecule has 0 bridgehead atoms. The Morgan fingerprint density at radius 2 is 1.73 bits per heavy atom. The largest absolute Gasteiger partial charge is 0.322 e. The summed E-state index contributed by atoms with van der Waals surface area (Å²) in [6.45, 7) is 3.59. The van der Waals surface area contributed by atoms with Crippen LogP contribution in [0.15, 0.2) is 47.4 Å². The molecule has 2 aromatic rings. The molecule has 1 amide bonds. The van der Waals surface area contributed by atoms with E-state index in [0.29, 0.717) is 11.3 Å². The number of carbonyl (C=O) groups is 1. The lowest BCUT2D eigenvalue weighted by Crippen LogP contribution is -2.22. The summed E-state index contributed by atoms with van der Waals surface area (Å²) in [6.07, 6.45) is 2.87. The summed E-state index contributed by atoms with van der Waals surface area (Å²) >= 11 is 0. The number of halogens is 1. The first kappa shape index (κ1) is 19.8. The number of hydrogen-bond acceptors (Lipinski definition) is 3. The highest BCUT2D eigenvalue weighted by Gasteiger charge is 2.19. The van der Waals surface area contributed by atoms with E-state index in [0.717, 1.165) is 15.4 Å². The molecular weight excluding hydrogens is 355 g/mol. The van der Waals surface area contributed by atoms with Gasteiger partial charge in [-0.05, 0) is 60.9 Å². The van der Waals surface area contributed by atoms with Crippen molar-refractivity contribution < 1.29 is 17.6 Å². The monoisotopic (exact) mass is 376 g/mol. The van der Waals surface area contributed by atoms with Crippen molar-refractivity contribution in [2.75, 3.05) is 19.4 Å². The third-order valence-corrected chi connectivity index (χ3v) is 5.77. The number of anilines is 1. The SMILES string of the molecule is Cc1cc(S(=O)(=O)N(C)C)cc(NC(=O)/C=C/c2ccc(F)cc2)c1C. The van der Waals surface area contributed by atoms with Crippen LogP contribution in [0, 0.1) is 19.7 Å². The molecule has 0 fully saturated rings. The molecule has 0 saturated heterocycles. The minimum Gasteiger partial charge on any atom is -0.322 e. The molecule has 0 spiro atoms. The molecule has 138 valence electrons. The summed E-state index contributed by atoms with van der Waals surface area (Å²) in [5, 5.41) is 2.70. The van der Waals surface area contributed by atoms with E-state index < -0.39 is 15.9 Å². The summed E-state index contributed by atoms with van der Waals surface area (Å²) in [7, 11) is -0.700. The van der Waals surface area contributed by atoms with Crippen molar-refractivity contribution in [3.63, 3.8) is 0 Å². The third kappa shape index (κ3) is 4.56. The predicted molar refractivity (Wildman–Crippen MR) is 101 cm³/mol. The summed E-state index contributed by atoms with van der Waals surface area (Å²) in [5.41, 5.74) is 2.65. The van der Waals surface area contributed by atoms with E-state index in [9.17, 15) is 17.6 Å². The highest BCUT2D eigenvalue weighted by atomic mass is 32.2. The van der Waals surface area contributed by atoms with Gasteiger partial charge < -0.3 is 5.32 Å². The first-order chi connectivity index (χ1) is 12.1. The van der Waals surface area contributed by atoms with Gasteiger partial charge in [0, 0.05) is 25.9 Å². The van der Waals surface area contributed by atoms with Crippen molar-refractivity contribution in [2.45, 2.75) is 18.7 Å². The summed E-state index contributed by atoms with van der Waals surface area (Å²) < 4.78 is 38.7. The summed E-state index contributed by atoms with van der Waals surface area (Å²) in [6, 6.07) is 8.74. The van der Waals surface area contributed by atoms with Gasteiger partial charge in [-0.3, -0.25) is 4.79 Å². The third-order valence-electron chi connectivity index (χ3n) is 3.97. The number of sulfonamides is 1. The van der Waals surface area contributed by atoms with Crippen LogP contribution in [0.5, 0.6) is 0 Å². The van der Waals surface area contributed by atoms with Gasteiger partial charge in [0.05, 0.1) is 4.90 Å². The molecule has 26 heavy (non-hydrogen) atoms. The first-order valence-electron chi connectivity index (χ1n) is 7.89. The molecule has 0 atom stereocenters. The second kappa shape index (κ2) is 7.80. The molecule has 0 saturated carbocycles. The Labute approximate surface area is 153 Å². The van der Waals surface area contributed by atoms with Gasteiger partial charge >= 0.3 is 0 Å². The van der Waals surface area contributed by atoms with Crippen LogP contribution >= 0.6 is 0 Å². The average molecular weight is 376 g/mol. The van der Waals surface area contributed by atoms with Gasteiger partial charge in [-0.15, -0.1) is 0 Å². The Morgan fingerprint density at radius 1 is 1.12 bits per heavy atom. The van der Waals surface area contributed by atoms with Crippen LogP contribution in [0.3, 0.4) is 0 Å². The lowest BCUT2D eigenvalue weighted by atomic mass is 10.1. The Morgan fingerprint density at radius 3 is 2.31 bits per heavy atom. The molecular formula is C19H21FN2O3S. The van der Waals surface area contributed by atoms with Crippen LogP contribution in [0.2, 0.25) is 0 Å². The van der Waals surface area contributed by atoms with Crippen LogP contribution in [0.25, 0.3) is 6.08 Å². The quantitative estimate of drug-likeness (QED) is 0.814. The van der Waals surface area contributed by atoms with Crippen molar-refractivity contribution in [3.05, 3.63) is 65.0 Å². The molecule has 0 heterocycles. The van der Waals surface area contributed by atoms with Gasteiger partial charge in [-0.2, -0.15) is 0 Å². The number of benzene rings is 2. The summed E-state index contributed by atoms with van der Waals surface area (Å²) in [5.74, 6) is -0.757. The van der Waals surface area contributed by atoms with E-state index in [1.54, 1.807) is 38.1 Å². The Hall–Kier alpha value is -2.51. The highest BCUT2D eigenvalue weighted by Crippen LogP contribution is 2.25. The van der Waals surface area contributed by atoms with E-state index in [1.165, 1.54) is 38.4 Å². The number of hydrogen-bond donors (Lipinski definition) is 1. The molecule has 0 aliphatic heterocycles. The molecule has 0 aliphatic rings. The van der Waals surface area contributed by atoms with E-state index in [1.807, 2.05) is 0 Å². The molecule has 0 unspecified atom stereocenters. The van der Waals surface area contributed by atoms with Gasteiger partial charge in [0.15, 0.2) is 0 Å². The Bertz CT molecular complexity index is 949. The second-order valence-electron chi connectivity index (χ2n) is 6.07. The average Bonchev–Trinajstić information content (AvgIpc) is 2.58. The Balaban J connectivity index is 2.27. The summed E-state index contributed by atoms with van der Waals surface area (Å²) in [4.78, 5) is 12.3. The van der Waals surface area contributed by atoms with Crippen molar-refractivity contribution in [3.8, 4) is 0 Å². The van der Waals surface area contributed by atoms with E-state index in [-0.39, 0.29) is 10.7 Å². The van der Waals surface area contributed by atoms with Crippen LogP contribution < -0.4 is 5.32 Å². The fraction of sp³-hybridized carbons (Fsp3) is 0.211. The minimum atomic E-state index is -3.61. The lowest BCUT2D eigenvalue weighted by Gasteiger charge is -2.16. The molecule has 2 rings (SSSR count). The standard InChI is InChI=1S/C19H21FN2O3S/c1-13-11-17(26(24,25)22(3)4)12-18(14(13)2)21-19(23)10-7-15-5-8-16(20)9-6-15/h5-12H,1-4H3,(H,21,23)/b10-7+. The van der Waals surface area contributed by atoms with Crippen molar-refractivity contribution in [1.29, 1.82) is 0 Å². The minimum absolute atomic E-state index is 0.114. The van der Waals surface area contributed by atoms with Gasteiger partial charge in [0.2, 0.25) is 15.9 Å². The number of nitrogens with zero attached hydrogens (tertiary/aromatic N) is 1. The predicted octanol–water partition coefficient (Wildman–Crippen LogP) is 3.34. The van der Waals surface area contributed by atoms with Crippen molar-refractivity contribution >= 4 is 27.7 Å². The molecule has 0 aromatic heterocycles. The van der Waals surface area contributed by atoms with Gasteiger partial charge in [-0.1, -0.05) is 12.1 Å². The number of rotatable bonds is 5. The molecule has 5 nitrogen and oxygen atoms in total. The Kier molecular flexibility index (Phi) is 5.94. The maximum atomic E-state index is 12.9. The topological polar surface area (TPSA) is 66.5 Å². The van der Waals surface area contributed by atoms with E-state index in [4.69, 9.17) is 0 Å². The molecule has 2 aromatic carbocycles. The molecule has 0 radical (unpaired) electrons. The number of nitrogens with one attached hydrogen (secondary N) is 1. The molecule has 7 heteroatoms. The zero-order valence-electron chi connectivity index (χ0n) is 15.1. The zero-order valence-corrected chi connectivity index (χ0v) is 15.9. The van der Waals surface area contributed by atoms with Crippen LogP contribution in [0.1, 0.15) is 16.7 Å². The van der Waals surface area contributed by atoms with Gasteiger partial charge in [0.1, 0.15) is 5.82 Å². The zero-order chi connectivity index (χ0) is 19.5. The van der Waals surface area contributed by atoms with Gasteiger partial charge in [-0.25, -0.2) is 17.1 Å². The number of carbonyl (C=O) groups excluding carboxylic acids is 1. The second-order valence-corrected chi connectivity index (χ2v) is 8.23. The fourth-order valence-electron chi connectivity index (χ4n) is 2.24. The smallest absolute Gasteiger partial charge is 0.248 e. The molecule has 0 aliphatic carbocycles. The normalized spacial score (nSPS) is 11.9. The fourth-order valence-corrected chi connectivity index (χ4v) is 3.25. The lowest BCUT2D eigenvalue weighted by molar-refractivity contribution is -0.111. The first-order valence-corrected chi connectivity index (χ1v) is 9.33. The van der Waals surface area contributed by atoms with Crippen LogP contribution in [0.4, 0.5) is 10.1 Å². The maximum Gasteiger partial charge on any atom is 0.248 e. The highest BCUT2D eigenvalue weighted by molar-refractivity contribution is 7.89. The number of amides is 1. The maximum absolute atomic E-state index is 12.9. The van der Waals surface area contributed by atoms with Crippen molar-refractivity contribution in [1.82, 2.24) is 4.31 Å². The van der Waals surface area contributed by atoms with Gasteiger partial charge in [0.25, 0.3) is 0 Å². The number of aryl methyl sites for hydroxylation is 1. The molecule has 1 N–H and O–H groups in total. The van der Waals surface area contributed by atoms with Crippen LogP contribution in [-0.2, 0) is 14.8 Å².